The highest BCUT2D eigenvalue weighted by Gasteiger charge is 2.24. The number of likely N-dealkylation sites (tertiary alicyclic amines) is 1. The number of piperidine rings is 1. The fourth-order valence-electron chi connectivity index (χ4n) is 3.87. The van der Waals surface area contributed by atoms with Crippen molar-refractivity contribution in [1.29, 1.82) is 0 Å². The number of carbonyl (C=O) groups is 1. The molecule has 1 saturated heterocycles. The van der Waals surface area contributed by atoms with Crippen LogP contribution in [-0.4, -0.2) is 42.0 Å². The van der Waals surface area contributed by atoms with E-state index in [1.165, 1.54) is 0 Å². The van der Waals surface area contributed by atoms with E-state index in [1.54, 1.807) is 6.20 Å². The summed E-state index contributed by atoms with van der Waals surface area (Å²) in [7, 11) is 0. The van der Waals surface area contributed by atoms with E-state index in [2.05, 4.69) is 27.3 Å². The number of aromatic nitrogens is 1. The monoisotopic (exact) mass is 389 g/mol. The highest BCUT2D eigenvalue weighted by molar-refractivity contribution is 5.85. The smallest absolute Gasteiger partial charge is 0.223 e. The Morgan fingerprint density at radius 1 is 1.03 bits per heavy atom. The lowest BCUT2D eigenvalue weighted by Crippen LogP contribution is -2.41. The number of carbonyl (C=O) groups excluding carboxylic acids is 1. The maximum atomic E-state index is 12.6. The minimum atomic E-state index is 0.0799. The van der Waals surface area contributed by atoms with Gasteiger partial charge in [-0.1, -0.05) is 42.5 Å². The molecule has 4 rings (SSSR count). The maximum absolute atomic E-state index is 12.6. The van der Waals surface area contributed by atoms with Crippen molar-refractivity contribution in [2.24, 2.45) is 5.92 Å². The molecular formula is C24H27N3O2. The minimum Gasteiger partial charge on any atom is -0.492 e. The summed E-state index contributed by atoms with van der Waals surface area (Å²) in [6, 6.07) is 20.0. The molecule has 0 spiro atoms. The van der Waals surface area contributed by atoms with Crippen LogP contribution in [0.5, 0.6) is 5.75 Å². The number of pyridine rings is 1. The van der Waals surface area contributed by atoms with Crippen LogP contribution in [-0.2, 0) is 11.3 Å². The second-order valence-corrected chi connectivity index (χ2v) is 7.47. The lowest BCUT2D eigenvalue weighted by molar-refractivity contribution is -0.126. The number of rotatable bonds is 7. The van der Waals surface area contributed by atoms with Crippen molar-refractivity contribution in [2.75, 3.05) is 26.2 Å². The van der Waals surface area contributed by atoms with E-state index in [0.29, 0.717) is 13.2 Å². The average molecular weight is 389 g/mol. The maximum Gasteiger partial charge on any atom is 0.223 e. The van der Waals surface area contributed by atoms with Crippen molar-refractivity contribution in [2.45, 2.75) is 19.4 Å². The van der Waals surface area contributed by atoms with Gasteiger partial charge in [-0.25, -0.2) is 0 Å². The van der Waals surface area contributed by atoms with Crippen molar-refractivity contribution in [1.82, 2.24) is 15.2 Å². The second-order valence-electron chi connectivity index (χ2n) is 7.47. The number of ether oxygens (including phenoxy) is 1. The zero-order valence-corrected chi connectivity index (χ0v) is 16.6. The summed E-state index contributed by atoms with van der Waals surface area (Å²) in [5.41, 5.74) is 0.923. The van der Waals surface area contributed by atoms with Crippen molar-refractivity contribution in [3.8, 4) is 5.75 Å². The third-order valence-electron chi connectivity index (χ3n) is 5.56. The van der Waals surface area contributed by atoms with E-state index >= 15 is 0 Å². The van der Waals surface area contributed by atoms with Gasteiger partial charge in [0, 0.05) is 24.0 Å². The summed E-state index contributed by atoms with van der Waals surface area (Å²) in [6.45, 7) is 3.91. The van der Waals surface area contributed by atoms with E-state index in [1.807, 2.05) is 48.5 Å². The van der Waals surface area contributed by atoms with Crippen LogP contribution in [0.3, 0.4) is 0 Å². The molecule has 0 saturated carbocycles. The molecule has 2 heterocycles. The van der Waals surface area contributed by atoms with E-state index in [0.717, 1.165) is 54.7 Å². The molecule has 1 aliphatic rings. The summed E-state index contributed by atoms with van der Waals surface area (Å²) < 4.78 is 5.78. The van der Waals surface area contributed by atoms with Crippen LogP contribution in [0, 0.1) is 5.92 Å². The van der Waals surface area contributed by atoms with Gasteiger partial charge in [0.1, 0.15) is 12.4 Å². The number of nitrogens with zero attached hydrogens (tertiary/aromatic N) is 2. The Bertz CT molecular complexity index is 932. The lowest BCUT2D eigenvalue weighted by atomic mass is 9.96. The SMILES string of the molecule is O=C(NCc1nccc2ccccc12)C1CCN(CCOc2ccccc2)CC1. The largest absolute Gasteiger partial charge is 0.492 e. The molecule has 1 N–H and O–H groups in total. The first kappa shape index (κ1) is 19.4. The Morgan fingerprint density at radius 2 is 1.79 bits per heavy atom. The number of fused-ring (bicyclic) bond motifs is 1. The minimum absolute atomic E-state index is 0.0799. The van der Waals surface area contributed by atoms with Gasteiger partial charge < -0.3 is 10.1 Å². The van der Waals surface area contributed by atoms with Gasteiger partial charge in [0.25, 0.3) is 0 Å². The highest BCUT2D eigenvalue weighted by atomic mass is 16.5. The van der Waals surface area contributed by atoms with Crippen molar-refractivity contribution >= 4 is 16.7 Å². The third kappa shape index (κ3) is 5.12. The number of hydrogen-bond acceptors (Lipinski definition) is 4. The molecule has 2 aromatic carbocycles. The second kappa shape index (κ2) is 9.52. The molecule has 150 valence electrons. The Labute approximate surface area is 171 Å². The molecule has 29 heavy (non-hydrogen) atoms. The number of amides is 1. The van der Waals surface area contributed by atoms with Crippen LogP contribution in [0.15, 0.2) is 66.9 Å². The Morgan fingerprint density at radius 3 is 2.62 bits per heavy atom. The van der Waals surface area contributed by atoms with Gasteiger partial charge in [-0.3, -0.25) is 14.7 Å². The van der Waals surface area contributed by atoms with Crippen LogP contribution in [0.2, 0.25) is 0 Å². The highest BCUT2D eigenvalue weighted by Crippen LogP contribution is 2.19. The molecule has 1 aromatic heterocycles. The molecule has 0 aliphatic carbocycles. The Kier molecular flexibility index (Phi) is 6.37. The molecule has 0 unspecified atom stereocenters. The van der Waals surface area contributed by atoms with Gasteiger partial charge in [-0.15, -0.1) is 0 Å². The molecule has 1 aliphatic heterocycles. The molecule has 1 amide bonds. The first-order valence-corrected chi connectivity index (χ1v) is 10.3. The van der Waals surface area contributed by atoms with Crippen LogP contribution < -0.4 is 10.1 Å². The van der Waals surface area contributed by atoms with E-state index in [9.17, 15) is 4.79 Å². The van der Waals surface area contributed by atoms with Crippen molar-refractivity contribution in [3.63, 3.8) is 0 Å². The molecule has 0 bridgehead atoms. The number of benzene rings is 2. The topological polar surface area (TPSA) is 54.5 Å². The number of para-hydroxylation sites is 1. The fraction of sp³-hybridized carbons (Fsp3) is 0.333. The van der Waals surface area contributed by atoms with E-state index in [-0.39, 0.29) is 11.8 Å². The van der Waals surface area contributed by atoms with E-state index in [4.69, 9.17) is 4.74 Å². The molecule has 5 nitrogen and oxygen atoms in total. The Hall–Kier alpha value is -2.92. The van der Waals surface area contributed by atoms with Gasteiger partial charge in [-0.2, -0.15) is 0 Å². The first-order valence-electron chi connectivity index (χ1n) is 10.3. The third-order valence-corrected chi connectivity index (χ3v) is 5.56. The summed E-state index contributed by atoms with van der Waals surface area (Å²) in [6.07, 6.45) is 3.58. The van der Waals surface area contributed by atoms with Gasteiger partial charge in [0.2, 0.25) is 5.91 Å². The predicted octanol–water partition coefficient (Wildman–Crippen LogP) is 3.64. The zero-order valence-electron chi connectivity index (χ0n) is 16.6. The lowest BCUT2D eigenvalue weighted by Gasteiger charge is -2.31. The molecule has 5 heteroatoms. The zero-order chi connectivity index (χ0) is 19.9. The van der Waals surface area contributed by atoms with Crippen LogP contribution >= 0.6 is 0 Å². The summed E-state index contributed by atoms with van der Waals surface area (Å²) in [5, 5.41) is 5.35. The van der Waals surface area contributed by atoms with Crippen molar-refractivity contribution < 1.29 is 9.53 Å². The van der Waals surface area contributed by atoms with Gasteiger partial charge in [0.15, 0.2) is 0 Å². The average Bonchev–Trinajstić information content (AvgIpc) is 2.78. The number of hydrogen-bond donors (Lipinski definition) is 1. The van der Waals surface area contributed by atoms with Gasteiger partial charge >= 0.3 is 0 Å². The molecular weight excluding hydrogens is 362 g/mol. The molecule has 0 radical (unpaired) electrons. The van der Waals surface area contributed by atoms with E-state index < -0.39 is 0 Å². The van der Waals surface area contributed by atoms with Crippen LogP contribution in [0.1, 0.15) is 18.5 Å². The summed E-state index contributed by atoms with van der Waals surface area (Å²) in [4.78, 5) is 19.5. The Balaban J connectivity index is 1.21. The molecule has 0 atom stereocenters. The van der Waals surface area contributed by atoms with Gasteiger partial charge in [0.05, 0.1) is 12.2 Å². The van der Waals surface area contributed by atoms with Crippen molar-refractivity contribution in [3.05, 3.63) is 72.6 Å². The van der Waals surface area contributed by atoms with Gasteiger partial charge in [-0.05, 0) is 49.5 Å². The summed E-state index contributed by atoms with van der Waals surface area (Å²) in [5.74, 6) is 1.12. The van der Waals surface area contributed by atoms with Crippen LogP contribution in [0.25, 0.3) is 10.8 Å². The molecule has 3 aromatic rings. The first-order chi connectivity index (χ1) is 14.3. The fourth-order valence-corrected chi connectivity index (χ4v) is 3.87. The normalized spacial score (nSPS) is 15.3. The quantitative estimate of drug-likeness (QED) is 0.670. The van der Waals surface area contributed by atoms with Crippen LogP contribution in [0.4, 0.5) is 0 Å². The number of nitrogens with one attached hydrogen (secondary N) is 1. The predicted molar refractivity (Wildman–Crippen MR) is 115 cm³/mol. The summed E-state index contributed by atoms with van der Waals surface area (Å²) >= 11 is 0. The standard InChI is InChI=1S/C24H27N3O2/c28-24(26-18-23-22-9-5-4-6-19(22)10-13-25-23)20-11-14-27(15-12-20)16-17-29-21-7-2-1-3-8-21/h1-10,13,20H,11-12,14-18H2,(H,26,28). The molecule has 1 fully saturated rings.